The number of fused-ring (bicyclic) bond motifs is 2. The Hall–Kier alpha value is -3.45. The lowest BCUT2D eigenvalue weighted by molar-refractivity contribution is 0.0342. The Bertz CT molecular complexity index is 1560. The van der Waals surface area contributed by atoms with Gasteiger partial charge < -0.3 is 14.6 Å². The Balaban J connectivity index is 1.40. The SMILES string of the molecule is O=C(NCc1ccc(Cl)cc1)c1cn(-c2ccc3c(c2)CCC3)c2ccc(CN3CCOCC3)cc2c1=O. The third-order valence-corrected chi connectivity index (χ3v) is 7.80. The van der Waals surface area contributed by atoms with E-state index < -0.39 is 0 Å². The molecule has 7 heteroatoms. The number of nitrogens with zero attached hydrogens (tertiary/aromatic N) is 2. The summed E-state index contributed by atoms with van der Waals surface area (Å²) < 4.78 is 7.47. The molecule has 0 spiro atoms. The standard InChI is InChI=1S/C31H30ClN3O3/c32-25-8-4-21(5-9-25)18-33-31(37)28-20-35(26-10-7-23-2-1-3-24(23)17-26)29-11-6-22(16-27(29)30(28)36)19-34-12-14-38-15-13-34/h4-11,16-17,20H,1-3,12-15,18-19H2,(H,33,37). The van der Waals surface area contributed by atoms with Crippen LogP contribution in [0.2, 0.25) is 5.02 Å². The first-order valence-corrected chi connectivity index (χ1v) is 13.6. The van der Waals surface area contributed by atoms with Crippen LogP contribution in [0.15, 0.2) is 71.7 Å². The third kappa shape index (κ3) is 5.12. The van der Waals surface area contributed by atoms with Crippen LogP contribution in [0.1, 0.15) is 39.0 Å². The molecule has 1 aliphatic carbocycles. The predicted molar refractivity (Wildman–Crippen MR) is 150 cm³/mol. The van der Waals surface area contributed by atoms with Gasteiger partial charge in [0.1, 0.15) is 5.56 Å². The molecule has 0 bridgehead atoms. The molecule has 1 amide bonds. The van der Waals surface area contributed by atoms with Gasteiger partial charge in [0.25, 0.3) is 5.91 Å². The topological polar surface area (TPSA) is 63.6 Å². The lowest BCUT2D eigenvalue weighted by Crippen LogP contribution is -2.35. The first kappa shape index (κ1) is 24.9. The summed E-state index contributed by atoms with van der Waals surface area (Å²) >= 11 is 5.99. The number of benzene rings is 3. The Morgan fingerprint density at radius 2 is 1.68 bits per heavy atom. The number of morpholine rings is 1. The van der Waals surface area contributed by atoms with Crippen molar-refractivity contribution in [2.45, 2.75) is 32.4 Å². The molecule has 1 saturated heterocycles. The first-order valence-electron chi connectivity index (χ1n) is 13.2. The summed E-state index contributed by atoms with van der Waals surface area (Å²) in [6.07, 6.45) is 5.01. The lowest BCUT2D eigenvalue weighted by Gasteiger charge is -2.26. The second-order valence-electron chi connectivity index (χ2n) is 10.1. The molecule has 1 aromatic heterocycles. The summed E-state index contributed by atoms with van der Waals surface area (Å²) in [6.45, 7) is 4.22. The van der Waals surface area contributed by atoms with E-state index >= 15 is 0 Å². The van der Waals surface area contributed by atoms with Crippen LogP contribution in [-0.4, -0.2) is 41.7 Å². The molecule has 1 aliphatic heterocycles. The normalized spacial score (nSPS) is 15.5. The Kier molecular flexibility index (Phi) is 7.02. The van der Waals surface area contributed by atoms with E-state index in [1.165, 1.54) is 11.1 Å². The Morgan fingerprint density at radius 1 is 0.921 bits per heavy atom. The zero-order valence-corrected chi connectivity index (χ0v) is 22.0. The van der Waals surface area contributed by atoms with Crippen LogP contribution < -0.4 is 10.7 Å². The zero-order valence-electron chi connectivity index (χ0n) is 21.2. The predicted octanol–water partition coefficient (Wildman–Crippen LogP) is 4.90. The molecule has 1 N–H and O–H groups in total. The summed E-state index contributed by atoms with van der Waals surface area (Å²) in [7, 11) is 0. The van der Waals surface area contributed by atoms with Crippen LogP contribution in [0.3, 0.4) is 0 Å². The van der Waals surface area contributed by atoms with Crippen molar-refractivity contribution in [3.05, 3.63) is 110 Å². The molecule has 2 aliphatic rings. The Labute approximate surface area is 226 Å². The number of pyridine rings is 1. The number of carbonyl (C=O) groups is 1. The molecule has 0 saturated carbocycles. The van der Waals surface area contributed by atoms with Crippen molar-refractivity contribution in [3.63, 3.8) is 0 Å². The van der Waals surface area contributed by atoms with Gasteiger partial charge in [-0.15, -0.1) is 0 Å². The minimum absolute atomic E-state index is 0.135. The lowest BCUT2D eigenvalue weighted by atomic mass is 10.0. The van der Waals surface area contributed by atoms with E-state index in [0.717, 1.165) is 74.4 Å². The van der Waals surface area contributed by atoms with Crippen LogP contribution in [0.4, 0.5) is 0 Å². The van der Waals surface area contributed by atoms with E-state index in [-0.39, 0.29) is 16.9 Å². The van der Waals surface area contributed by atoms with Gasteiger partial charge in [-0.05, 0) is 77.9 Å². The van der Waals surface area contributed by atoms with E-state index in [0.29, 0.717) is 17.0 Å². The molecular weight excluding hydrogens is 498 g/mol. The number of aromatic nitrogens is 1. The minimum atomic E-state index is -0.389. The highest BCUT2D eigenvalue weighted by atomic mass is 35.5. The van der Waals surface area contributed by atoms with Gasteiger partial charge in [-0.3, -0.25) is 14.5 Å². The number of halogens is 1. The molecule has 194 valence electrons. The molecule has 2 heterocycles. The average molecular weight is 528 g/mol. The molecule has 38 heavy (non-hydrogen) atoms. The van der Waals surface area contributed by atoms with Crippen molar-refractivity contribution in [2.75, 3.05) is 26.3 Å². The molecule has 0 radical (unpaired) electrons. The largest absolute Gasteiger partial charge is 0.379 e. The van der Waals surface area contributed by atoms with Crippen molar-refractivity contribution in [2.24, 2.45) is 0 Å². The fraction of sp³-hybridized carbons (Fsp3) is 0.290. The number of nitrogens with one attached hydrogen (secondary N) is 1. The van der Waals surface area contributed by atoms with Crippen LogP contribution >= 0.6 is 11.6 Å². The van der Waals surface area contributed by atoms with Gasteiger partial charge in [0, 0.05) is 48.5 Å². The monoisotopic (exact) mass is 527 g/mol. The second-order valence-corrected chi connectivity index (χ2v) is 10.5. The van der Waals surface area contributed by atoms with Crippen molar-refractivity contribution >= 4 is 28.4 Å². The number of aryl methyl sites for hydroxylation is 2. The van der Waals surface area contributed by atoms with Crippen molar-refractivity contribution < 1.29 is 9.53 Å². The smallest absolute Gasteiger partial charge is 0.257 e. The van der Waals surface area contributed by atoms with Crippen molar-refractivity contribution in [1.29, 1.82) is 0 Å². The van der Waals surface area contributed by atoms with E-state index in [1.54, 1.807) is 18.3 Å². The number of hydrogen-bond acceptors (Lipinski definition) is 4. The highest BCUT2D eigenvalue weighted by molar-refractivity contribution is 6.30. The maximum atomic E-state index is 13.7. The molecule has 3 aromatic carbocycles. The highest BCUT2D eigenvalue weighted by Crippen LogP contribution is 2.27. The molecule has 4 aromatic rings. The van der Waals surface area contributed by atoms with Crippen LogP contribution in [0, 0.1) is 0 Å². The summed E-state index contributed by atoms with van der Waals surface area (Å²) in [6, 6.07) is 19.8. The van der Waals surface area contributed by atoms with E-state index in [4.69, 9.17) is 16.3 Å². The Morgan fingerprint density at radius 3 is 2.50 bits per heavy atom. The number of ether oxygens (including phenoxy) is 1. The highest BCUT2D eigenvalue weighted by Gasteiger charge is 2.19. The quantitative estimate of drug-likeness (QED) is 0.387. The summed E-state index contributed by atoms with van der Waals surface area (Å²) in [5.41, 5.74) is 6.33. The number of hydrogen-bond donors (Lipinski definition) is 1. The van der Waals surface area contributed by atoms with Gasteiger partial charge in [-0.25, -0.2) is 0 Å². The first-order chi connectivity index (χ1) is 18.5. The molecule has 6 rings (SSSR count). The van der Waals surface area contributed by atoms with Gasteiger partial charge in [0.05, 0.1) is 18.7 Å². The van der Waals surface area contributed by atoms with Gasteiger partial charge in [-0.2, -0.15) is 0 Å². The van der Waals surface area contributed by atoms with Crippen LogP contribution in [0.5, 0.6) is 0 Å². The van der Waals surface area contributed by atoms with Gasteiger partial charge in [0.15, 0.2) is 0 Å². The molecule has 0 unspecified atom stereocenters. The fourth-order valence-electron chi connectivity index (χ4n) is 5.46. The minimum Gasteiger partial charge on any atom is -0.379 e. The van der Waals surface area contributed by atoms with Gasteiger partial charge >= 0.3 is 0 Å². The molecular formula is C31H30ClN3O3. The maximum absolute atomic E-state index is 13.7. The van der Waals surface area contributed by atoms with Crippen molar-refractivity contribution in [3.8, 4) is 5.69 Å². The summed E-state index contributed by atoms with van der Waals surface area (Å²) in [5, 5.41) is 4.11. The number of carbonyl (C=O) groups excluding carboxylic acids is 1. The summed E-state index contributed by atoms with van der Waals surface area (Å²) in [5.74, 6) is -0.389. The molecule has 6 nitrogen and oxygen atoms in total. The molecule has 0 atom stereocenters. The van der Waals surface area contributed by atoms with Crippen LogP contribution in [0.25, 0.3) is 16.6 Å². The number of rotatable bonds is 6. The van der Waals surface area contributed by atoms with Crippen molar-refractivity contribution in [1.82, 2.24) is 14.8 Å². The zero-order chi connectivity index (χ0) is 26.1. The van der Waals surface area contributed by atoms with Gasteiger partial charge in [0.2, 0.25) is 5.43 Å². The maximum Gasteiger partial charge on any atom is 0.257 e. The number of amides is 1. The van der Waals surface area contributed by atoms with Crippen LogP contribution in [-0.2, 0) is 30.7 Å². The average Bonchev–Trinajstić information content (AvgIpc) is 3.42. The summed E-state index contributed by atoms with van der Waals surface area (Å²) in [4.78, 5) is 29.4. The fourth-order valence-corrected chi connectivity index (χ4v) is 5.58. The second kappa shape index (κ2) is 10.7. The van der Waals surface area contributed by atoms with E-state index in [1.807, 2.05) is 28.8 Å². The van der Waals surface area contributed by atoms with E-state index in [9.17, 15) is 9.59 Å². The van der Waals surface area contributed by atoms with E-state index in [2.05, 4.69) is 34.5 Å². The third-order valence-electron chi connectivity index (χ3n) is 7.55. The van der Waals surface area contributed by atoms with Gasteiger partial charge in [-0.1, -0.05) is 35.9 Å². The molecule has 1 fully saturated rings.